The molecular weight excluding hydrogens is 192 g/mol. The molecule has 4 atom stereocenters. The monoisotopic (exact) mass is 214 g/mol. The van der Waals surface area contributed by atoms with E-state index in [4.69, 9.17) is 11.6 Å². The first-order chi connectivity index (χ1) is 6.57. The molecule has 2 aliphatic carbocycles. The highest BCUT2D eigenvalue weighted by Crippen LogP contribution is 2.64. The summed E-state index contributed by atoms with van der Waals surface area (Å²) in [5, 5.41) is 0. The van der Waals surface area contributed by atoms with E-state index in [0.717, 1.165) is 29.6 Å². The van der Waals surface area contributed by atoms with Gasteiger partial charge in [-0.1, -0.05) is 40.0 Å². The first kappa shape index (κ1) is 10.8. The van der Waals surface area contributed by atoms with Crippen LogP contribution in [0.2, 0.25) is 0 Å². The van der Waals surface area contributed by atoms with Crippen LogP contribution in [0.4, 0.5) is 0 Å². The third-order valence-electron chi connectivity index (χ3n) is 4.79. The van der Waals surface area contributed by atoms with E-state index < -0.39 is 0 Å². The molecule has 0 aromatic rings. The van der Waals surface area contributed by atoms with E-state index in [1.165, 1.54) is 25.7 Å². The molecule has 0 bridgehead atoms. The molecule has 2 saturated carbocycles. The molecule has 0 aromatic carbocycles. The van der Waals surface area contributed by atoms with Crippen molar-refractivity contribution in [3.63, 3.8) is 0 Å². The van der Waals surface area contributed by atoms with Gasteiger partial charge in [0.15, 0.2) is 0 Å². The van der Waals surface area contributed by atoms with Gasteiger partial charge in [0.1, 0.15) is 0 Å². The Balaban J connectivity index is 1.96. The van der Waals surface area contributed by atoms with Gasteiger partial charge in [-0.15, -0.1) is 11.6 Å². The first-order valence-corrected chi connectivity index (χ1v) is 6.66. The van der Waals surface area contributed by atoms with Crippen molar-refractivity contribution < 1.29 is 0 Å². The summed E-state index contributed by atoms with van der Waals surface area (Å²) in [6.07, 6.45) is 5.83. The fourth-order valence-electron chi connectivity index (χ4n) is 3.82. The van der Waals surface area contributed by atoms with Gasteiger partial charge >= 0.3 is 0 Å². The van der Waals surface area contributed by atoms with Gasteiger partial charge in [-0.3, -0.25) is 0 Å². The highest BCUT2D eigenvalue weighted by Gasteiger charge is 2.59. The quantitative estimate of drug-likeness (QED) is 0.601. The average molecular weight is 215 g/mol. The van der Waals surface area contributed by atoms with E-state index in [1.807, 2.05) is 0 Å². The Morgan fingerprint density at radius 2 is 2.00 bits per heavy atom. The van der Waals surface area contributed by atoms with Crippen LogP contribution in [0.5, 0.6) is 0 Å². The van der Waals surface area contributed by atoms with Crippen molar-refractivity contribution in [2.75, 3.05) is 5.88 Å². The molecule has 0 amide bonds. The molecule has 82 valence electrons. The van der Waals surface area contributed by atoms with Gasteiger partial charge in [-0.25, -0.2) is 0 Å². The standard InChI is InChI=1S/C13H23Cl/c1-9-5-4-6-10(7-9)12-11(8-14)13(12,2)3/h9-12H,4-8H2,1-3H3. The normalized spacial score (nSPS) is 46.3. The van der Waals surface area contributed by atoms with Crippen LogP contribution in [-0.4, -0.2) is 5.88 Å². The van der Waals surface area contributed by atoms with Crippen LogP contribution in [0.3, 0.4) is 0 Å². The SMILES string of the molecule is CC1CCCC(C2C(CCl)C2(C)C)C1. The van der Waals surface area contributed by atoms with Crippen molar-refractivity contribution in [1.29, 1.82) is 0 Å². The van der Waals surface area contributed by atoms with E-state index in [9.17, 15) is 0 Å². The van der Waals surface area contributed by atoms with Crippen LogP contribution in [0.15, 0.2) is 0 Å². The third-order valence-corrected chi connectivity index (χ3v) is 5.12. The lowest BCUT2D eigenvalue weighted by Crippen LogP contribution is -2.17. The van der Waals surface area contributed by atoms with E-state index in [2.05, 4.69) is 20.8 Å². The second-order valence-electron chi connectivity index (χ2n) is 6.14. The Hall–Kier alpha value is 0.290. The van der Waals surface area contributed by atoms with Crippen molar-refractivity contribution in [1.82, 2.24) is 0 Å². The van der Waals surface area contributed by atoms with Gasteiger partial charge in [0, 0.05) is 5.88 Å². The van der Waals surface area contributed by atoms with Crippen LogP contribution in [0.1, 0.15) is 46.5 Å². The summed E-state index contributed by atoms with van der Waals surface area (Å²) in [6, 6.07) is 0. The molecule has 0 saturated heterocycles. The number of rotatable bonds is 2. The molecule has 2 rings (SSSR count). The molecule has 0 N–H and O–H groups in total. The van der Waals surface area contributed by atoms with Gasteiger partial charge in [0.05, 0.1) is 0 Å². The number of hydrogen-bond donors (Lipinski definition) is 0. The van der Waals surface area contributed by atoms with E-state index in [1.54, 1.807) is 0 Å². The number of hydrogen-bond acceptors (Lipinski definition) is 0. The topological polar surface area (TPSA) is 0 Å². The van der Waals surface area contributed by atoms with Gasteiger partial charge in [0.2, 0.25) is 0 Å². The van der Waals surface area contributed by atoms with Gasteiger partial charge in [0.25, 0.3) is 0 Å². The molecule has 0 aliphatic heterocycles. The molecule has 0 aromatic heterocycles. The van der Waals surface area contributed by atoms with E-state index in [0.29, 0.717) is 5.41 Å². The maximum Gasteiger partial charge on any atom is 0.0259 e. The number of alkyl halides is 1. The van der Waals surface area contributed by atoms with Crippen molar-refractivity contribution in [2.45, 2.75) is 46.5 Å². The van der Waals surface area contributed by atoms with Crippen LogP contribution in [-0.2, 0) is 0 Å². The van der Waals surface area contributed by atoms with Crippen LogP contribution in [0.25, 0.3) is 0 Å². The van der Waals surface area contributed by atoms with E-state index in [-0.39, 0.29) is 0 Å². The number of halogens is 1. The summed E-state index contributed by atoms with van der Waals surface area (Å²) in [4.78, 5) is 0. The van der Waals surface area contributed by atoms with Crippen molar-refractivity contribution >= 4 is 11.6 Å². The molecule has 2 aliphatic rings. The van der Waals surface area contributed by atoms with Crippen LogP contribution in [0, 0.1) is 29.1 Å². The van der Waals surface area contributed by atoms with Crippen molar-refractivity contribution in [3.8, 4) is 0 Å². The molecule has 0 spiro atoms. The molecule has 4 unspecified atom stereocenters. The second kappa shape index (κ2) is 3.70. The highest BCUT2D eigenvalue weighted by molar-refractivity contribution is 6.18. The fraction of sp³-hybridized carbons (Fsp3) is 1.00. The molecule has 14 heavy (non-hydrogen) atoms. The lowest BCUT2D eigenvalue weighted by Gasteiger charge is -2.28. The summed E-state index contributed by atoms with van der Waals surface area (Å²) in [5.74, 6) is 4.56. The summed E-state index contributed by atoms with van der Waals surface area (Å²) in [7, 11) is 0. The minimum absolute atomic E-state index is 0.545. The Bertz CT molecular complexity index is 209. The minimum atomic E-state index is 0.545. The zero-order chi connectivity index (χ0) is 10.3. The molecule has 2 fully saturated rings. The maximum atomic E-state index is 6.03. The maximum absolute atomic E-state index is 6.03. The smallest absolute Gasteiger partial charge is 0.0259 e. The van der Waals surface area contributed by atoms with Gasteiger partial charge in [-0.05, 0) is 35.5 Å². The Labute approximate surface area is 93.4 Å². The Morgan fingerprint density at radius 1 is 1.29 bits per heavy atom. The first-order valence-electron chi connectivity index (χ1n) is 6.13. The molecule has 0 heterocycles. The van der Waals surface area contributed by atoms with Crippen molar-refractivity contribution in [3.05, 3.63) is 0 Å². The molecular formula is C13H23Cl. The summed E-state index contributed by atoms with van der Waals surface area (Å²) >= 11 is 6.03. The lowest BCUT2D eigenvalue weighted by atomic mass is 9.78. The van der Waals surface area contributed by atoms with Crippen LogP contribution >= 0.6 is 11.6 Å². The second-order valence-corrected chi connectivity index (χ2v) is 6.45. The Morgan fingerprint density at radius 3 is 2.50 bits per heavy atom. The van der Waals surface area contributed by atoms with E-state index >= 15 is 0 Å². The summed E-state index contributed by atoms with van der Waals surface area (Å²) in [6.45, 7) is 7.23. The predicted octanol–water partition coefficient (Wildman–Crippen LogP) is 4.32. The molecule has 1 heteroatoms. The van der Waals surface area contributed by atoms with Crippen molar-refractivity contribution in [2.24, 2.45) is 29.1 Å². The summed E-state index contributed by atoms with van der Waals surface area (Å²) in [5.41, 5.74) is 0.545. The van der Waals surface area contributed by atoms with Crippen LogP contribution < -0.4 is 0 Å². The Kier molecular flexibility index (Phi) is 2.85. The summed E-state index contributed by atoms with van der Waals surface area (Å²) < 4.78 is 0. The zero-order valence-corrected chi connectivity index (χ0v) is 10.5. The molecule has 0 radical (unpaired) electrons. The van der Waals surface area contributed by atoms with Gasteiger partial charge in [-0.2, -0.15) is 0 Å². The van der Waals surface area contributed by atoms with Gasteiger partial charge < -0.3 is 0 Å². The highest BCUT2D eigenvalue weighted by atomic mass is 35.5. The minimum Gasteiger partial charge on any atom is -0.126 e. The molecule has 0 nitrogen and oxygen atoms in total. The fourth-order valence-corrected chi connectivity index (χ4v) is 4.41. The largest absolute Gasteiger partial charge is 0.126 e. The lowest BCUT2D eigenvalue weighted by molar-refractivity contribution is 0.235. The zero-order valence-electron chi connectivity index (χ0n) is 9.72. The average Bonchev–Trinajstić information content (AvgIpc) is 2.68. The third kappa shape index (κ3) is 1.71. The predicted molar refractivity (Wildman–Crippen MR) is 62.6 cm³/mol.